The van der Waals surface area contributed by atoms with Gasteiger partial charge in [-0.15, -0.1) is 0 Å². The Labute approximate surface area is 195 Å². The molecule has 2 N–H and O–H groups in total. The Morgan fingerprint density at radius 1 is 0.853 bits per heavy atom. The van der Waals surface area contributed by atoms with Gasteiger partial charge in [-0.25, -0.2) is 9.67 Å². The highest BCUT2D eigenvalue weighted by atomic mass is 16.2. The van der Waals surface area contributed by atoms with Gasteiger partial charge < -0.3 is 0 Å². The van der Waals surface area contributed by atoms with Crippen LogP contribution in [-0.4, -0.2) is 31.6 Å². The van der Waals surface area contributed by atoms with Gasteiger partial charge in [-0.2, -0.15) is 5.10 Å². The Hall–Kier alpha value is -4.85. The zero-order chi connectivity index (χ0) is 23.3. The highest BCUT2D eigenvalue weighted by Crippen LogP contribution is 2.23. The van der Waals surface area contributed by atoms with E-state index in [4.69, 9.17) is 0 Å². The van der Waals surface area contributed by atoms with Crippen LogP contribution in [0.1, 0.15) is 15.9 Å². The molecule has 5 aromatic rings. The van der Waals surface area contributed by atoms with Gasteiger partial charge in [0.25, 0.3) is 5.91 Å². The normalized spacial score (nSPS) is 10.7. The number of aromatic nitrogens is 4. The molecule has 0 saturated heterocycles. The Morgan fingerprint density at radius 3 is 2.47 bits per heavy atom. The first kappa shape index (κ1) is 21.0. The van der Waals surface area contributed by atoms with Crippen molar-refractivity contribution >= 4 is 22.7 Å². The number of amides is 2. The number of carbonyl (C=O) groups is 2. The molecule has 0 aliphatic rings. The number of hydrogen-bond acceptors (Lipinski definition) is 5. The zero-order valence-corrected chi connectivity index (χ0v) is 18.1. The lowest BCUT2D eigenvalue weighted by Gasteiger charge is -2.11. The molecule has 0 radical (unpaired) electrons. The molecule has 0 saturated carbocycles. The predicted octanol–water partition coefficient (Wildman–Crippen LogP) is 3.49. The van der Waals surface area contributed by atoms with Crippen molar-refractivity contribution in [2.75, 3.05) is 0 Å². The van der Waals surface area contributed by atoms with Gasteiger partial charge in [0.2, 0.25) is 5.91 Å². The highest BCUT2D eigenvalue weighted by molar-refractivity contribution is 6.07. The molecule has 0 atom stereocenters. The minimum Gasteiger partial charge on any atom is -0.273 e. The number of benzene rings is 2. The van der Waals surface area contributed by atoms with Crippen molar-refractivity contribution in [1.82, 2.24) is 30.6 Å². The van der Waals surface area contributed by atoms with Crippen LogP contribution >= 0.6 is 0 Å². The fourth-order valence-electron chi connectivity index (χ4n) is 3.61. The topological polar surface area (TPSA) is 102 Å². The van der Waals surface area contributed by atoms with Gasteiger partial charge in [0.1, 0.15) is 0 Å². The molecule has 2 aromatic carbocycles. The highest BCUT2D eigenvalue weighted by Gasteiger charge is 2.15. The number of para-hydroxylation sites is 2. The summed E-state index contributed by atoms with van der Waals surface area (Å²) in [5.74, 6) is -0.798. The summed E-state index contributed by atoms with van der Waals surface area (Å²) < 4.78 is 1.70. The summed E-state index contributed by atoms with van der Waals surface area (Å²) in [5.41, 5.74) is 8.91. The number of nitrogens with zero attached hydrogens (tertiary/aromatic N) is 4. The first-order valence-corrected chi connectivity index (χ1v) is 10.7. The Morgan fingerprint density at radius 2 is 1.65 bits per heavy atom. The second-order valence-corrected chi connectivity index (χ2v) is 7.59. The molecule has 2 amide bonds. The molecule has 0 unspecified atom stereocenters. The van der Waals surface area contributed by atoms with Crippen LogP contribution in [0.5, 0.6) is 0 Å². The van der Waals surface area contributed by atoms with Crippen LogP contribution in [0.15, 0.2) is 97.5 Å². The number of hydrazine groups is 1. The van der Waals surface area contributed by atoms with Crippen LogP contribution in [0.25, 0.3) is 28.0 Å². The average molecular weight is 448 g/mol. The molecule has 5 rings (SSSR count). The Kier molecular flexibility index (Phi) is 5.77. The summed E-state index contributed by atoms with van der Waals surface area (Å²) in [7, 11) is 0. The Bertz CT molecular complexity index is 1460. The SMILES string of the molecule is O=C(Cc1cnn(-c2ccccc2)c1)NNC(=O)c1cc(-c2ccccn2)nc2ccccc12. The molecule has 34 heavy (non-hydrogen) atoms. The van der Waals surface area contributed by atoms with E-state index in [0.717, 1.165) is 11.3 Å². The van der Waals surface area contributed by atoms with Crippen molar-refractivity contribution in [2.24, 2.45) is 0 Å². The molecular formula is C26H20N6O2. The van der Waals surface area contributed by atoms with Crippen molar-refractivity contribution in [3.63, 3.8) is 0 Å². The monoisotopic (exact) mass is 448 g/mol. The van der Waals surface area contributed by atoms with E-state index in [1.165, 1.54) is 0 Å². The van der Waals surface area contributed by atoms with Crippen LogP contribution in [0.3, 0.4) is 0 Å². The largest absolute Gasteiger partial charge is 0.273 e. The molecule has 3 aromatic heterocycles. The number of nitrogens with one attached hydrogen (secondary N) is 2. The standard InChI is InChI=1S/C26H20N6O2/c33-25(14-18-16-28-32(17-18)19-8-2-1-3-9-19)30-31-26(34)21-15-24(23-12-6-7-13-27-23)29-22-11-5-4-10-20(21)22/h1-13,15-17H,14H2,(H,30,33)(H,31,34). The van der Waals surface area contributed by atoms with Crippen molar-refractivity contribution in [3.05, 3.63) is 109 Å². The maximum absolute atomic E-state index is 13.0. The van der Waals surface area contributed by atoms with E-state index in [-0.39, 0.29) is 12.3 Å². The van der Waals surface area contributed by atoms with Gasteiger partial charge in [-0.05, 0) is 42.0 Å². The molecule has 0 aliphatic carbocycles. The third-order valence-electron chi connectivity index (χ3n) is 5.23. The molecule has 0 spiro atoms. The van der Waals surface area contributed by atoms with Gasteiger partial charge in [-0.3, -0.25) is 25.4 Å². The first-order valence-electron chi connectivity index (χ1n) is 10.7. The van der Waals surface area contributed by atoms with Crippen LogP contribution in [0.2, 0.25) is 0 Å². The summed E-state index contributed by atoms with van der Waals surface area (Å²) in [4.78, 5) is 34.4. The second-order valence-electron chi connectivity index (χ2n) is 7.59. The van der Waals surface area contributed by atoms with E-state index in [1.807, 2.05) is 72.8 Å². The summed E-state index contributed by atoms with van der Waals surface area (Å²) in [5, 5.41) is 4.97. The quantitative estimate of drug-likeness (QED) is 0.401. The summed E-state index contributed by atoms with van der Waals surface area (Å²) in [6.45, 7) is 0. The van der Waals surface area contributed by atoms with E-state index < -0.39 is 5.91 Å². The molecule has 0 fully saturated rings. The van der Waals surface area contributed by atoms with Crippen molar-refractivity contribution in [1.29, 1.82) is 0 Å². The molecule has 3 heterocycles. The first-order chi connectivity index (χ1) is 16.7. The minimum absolute atomic E-state index is 0.0728. The second kappa shape index (κ2) is 9.33. The summed E-state index contributed by atoms with van der Waals surface area (Å²) in [6, 6.07) is 24.1. The molecular weight excluding hydrogens is 428 g/mol. The fourth-order valence-corrected chi connectivity index (χ4v) is 3.61. The number of rotatable bonds is 5. The maximum Gasteiger partial charge on any atom is 0.270 e. The third kappa shape index (κ3) is 4.51. The minimum atomic E-state index is -0.441. The lowest BCUT2D eigenvalue weighted by Crippen LogP contribution is -2.42. The molecule has 0 bridgehead atoms. The van der Waals surface area contributed by atoms with Crippen molar-refractivity contribution < 1.29 is 9.59 Å². The van der Waals surface area contributed by atoms with Crippen LogP contribution < -0.4 is 10.9 Å². The van der Waals surface area contributed by atoms with E-state index in [1.54, 1.807) is 29.3 Å². The third-order valence-corrected chi connectivity index (χ3v) is 5.23. The van der Waals surface area contributed by atoms with E-state index >= 15 is 0 Å². The maximum atomic E-state index is 13.0. The number of hydrogen-bond donors (Lipinski definition) is 2. The molecule has 8 heteroatoms. The van der Waals surface area contributed by atoms with Gasteiger partial charge in [-0.1, -0.05) is 42.5 Å². The lowest BCUT2D eigenvalue weighted by atomic mass is 10.1. The van der Waals surface area contributed by atoms with E-state index in [2.05, 4.69) is 25.9 Å². The molecule has 0 aliphatic heterocycles. The number of pyridine rings is 2. The van der Waals surface area contributed by atoms with Crippen LogP contribution in [0, 0.1) is 0 Å². The average Bonchev–Trinajstić information content (AvgIpc) is 3.36. The number of fused-ring (bicyclic) bond motifs is 1. The van der Waals surface area contributed by atoms with E-state index in [9.17, 15) is 9.59 Å². The van der Waals surface area contributed by atoms with Crippen molar-refractivity contribution in [3.8, 4) is 17.1 Å². The molecule has 166 valence electrons. The van der Waals surface area contributed by atoms with Crippen LogP contribution in [0.4, 0.5) is 0 Å². The van der Waals surface area contributed by atoms with Gasteiger partial charge in [0, 0.05) is 17.8 Å². The lowest BCUT2D eigenvalue weighted by molar-refractivity contribution is -0.121. The van der Waals surface area contributed by atoms with Gasteiger partial charge in [0.05, 0.1) is 40.8 Å². The smallest absolute Gasteiger partial charge is 0.270 e. The Balaban J connectivity index is 1.30. The summed E-state index contributed by atoms with van der Waals surface area (Å²) in [6.07, 6.45) is 5.16. The molecule has 8 nitrogen and oxygen atoms in total. The van der Waals surface area contributed by atoms with Crippen LogP contribution in [-0.2, 0) is 11.2 Å². The van der Waals surface area contributed by atoms with Gasteiger partial charge >= 0.3 is 0 Å². The van der Waals surface area contributed by atoms with Gasteiger partial charge in [0.15, 0.2) is 0 Å². The predicted molar refractivity (Wildman–Crippen MR) is 128 cm³/mol. The zero-order valence-electron chi connectivity index (χ0n) is 18.1. The number of carbonyl (C=O) groups excluding carboxylic acids is 2. The summed E-state index contributed by atoms with van der Waals surface area (Å²) >= 11 is 0. The fraction of sp³-hybridized carbons (Fsp3) is 0.0385. The van der Waals surface area contributed by atoms with Crippen molar-refractivity contribution in [2.45, 2.75) is 6.42 Å². The van der Waals surface area contributed by atoms with E-state index in [0.29, 0.717) is 27.9 Å².